The summed E-state index contributed by atoms with van der Waals surface area (Å²) in [6.45, 7) is 4.01. The van der Waals surface area contributed by atoms with Crippen LogP contribution in [0.3, 0.4) is 0 Å². The Bertz CT molecular complexity index is 2890. The number of hydrogen-bond donors (Lipinski definition) is 2. The number of nitrogens with one attached hydrogen (secondary N) is 2. The lowest BCUT2D eigenvalue weighted by molar-refractivity contribution is -0.135. The number of ether oxygens (including phenoxy) is 2. The molecule has 1 aliphatic carbocycles. The summed E-state index contributed by atoms with van der Waals surface area (Å²) in [5.41, 5.74) is 2.61. The molecule has 1 unspecified atom stereocenters. The highest BCUT2D eigenvalue weighted by Gasteiger charge is 2.32. The predicted octanol–water partition coefficient (Wildman–Crippen LogP) is 5.62. The summed E-state index contributed by atoms with van der Waals surface area (Å²) in [5.74, 6) is -4.73. The average molecular weight is 937 g/mol. The van der Waals surface area contributed by atoms with E-state index in [9.17, 15) is 28.0 Å². The number of nitrogens with zero attached hydrogens (tertiary/aromatic N) is 8. The van der Waals surface area contributed by atoms with Crippen LogP contribution >= 0.6 is 0 Å². The fraction of sp³-hybridized carbons (Fsp3) is 0.417. The van der Waals surface area contributed by atoms with E-state index < -0.39 is 46.6 Å². The van der Waals surface area contributed by atoms with Gasteiger partial charge in [-0.05, 0) is 105 Å². The van der Waals surface area contributed by atoms with E-state index in [0.717, 1.165) is 56.6 Å². The summed E-state index contributed by atoms with van der Waals surface area (Å²) in [5, 5.41) is 9.26. The molecule has 1 atom stereocenters. The zero-order valence-electron chi connectivity index (χ0n) is 37.7. The van der Waals surface area contributed by atoms with Gasteiger partial charge < -0.3 is 24.2 Å². The van der Waals surface area contributed by atoms with Gasteiger partial charge in [0.1, 0.15) is 24.1 Å². The molecule has 6 aromatic rings. The third kappa shape index (κ3) is 9.81. The number of piperazine rings is 1. The molecule has 1 saturated carbocycles. The Labute approximate surface area is 388 Å². The van der Waals surface area contributed by atoms with Crippen molar-refractivity contribution in [3.8, 4) is 23.1 Å². The highest BCUT2D eigenvalue weighted by Crippen LogP contribution is 2.36. The molecule has 20 heteroatoms. The Morgan fingerprint density at radius 2 is 1.66 bits per heavy atom. The van der Waals surface area contributed by atoms with Crippen molar-refractivity contribution in [2.75, 3.05) is 51.3 Å². The van der Waals surface area contributed by atoms with E-state index in [-0.39, 0.29) is 43.0 Å². The molecule has 0 bridgehead atoms. The lowest BCUT2D eigenvalue weighted by Gasteiger charge is -2.34. The van der Waals surface area contributed by atoms with Gasteiger partial charge in [0.05, 0.1) is 23.7 Å². The van der Waals surface area contributed by atoms with E-state index in [1.165, 1.54) is 11.7 Å². The maximum Gasteiger partial charge on any atom is 0.329 e. The quantitative estimate of drug-likeness (QED) is 0.0954. The molecular formula is C48H51F3N10O7. The number of aryl methyl sites for hydroxylation is 2. The topological polar surface area (TPSA) is 192 Å². The third-order valence-electron chi connectivity index (χ3n) is 13.2. The fourth-order valence-electron chi connectivity index (χ4n) is 9.31. The number of rotatable bonds is 15. The lowest BCUT2D eigenvalue weighted by atomic mass is 9.81. The first-order chi connectivity index (χ1) is 32.9. The number of benzene rings is 3. The minimum atomic E-state index is -1.57. The van der Waals surface area contributed by atoms with Gasteiger partial charge >= 0.3 is 5.69 Å². The number of amides is 3. The summed E-state index contributed by atoms with van der Waals surface area (Å²) in [4.78, 5) is 68.8. The van der Waals surface area contributed by atoms with Crippen molar-refractivity contribution >= 4 is 34.7 Å². The van der Waals surface area contributed by atoms with Crippen molar-refractivity contribution < 1.29 is 41.6 Å². The molecule has 5 heterocycles. The predicted molar refractivity (Wildman–Crippen MR) is 242 cm³/mol. The molecule has 3 aromatic heterocycles. The van der Waals surface area contributed by atoms with Gasteiger partial charge in [-0.25, -0.2) is 23.5 Å². The lowest BCUT2D eigenvalue weighted by Crippen LogP contribution is -2.47. The number of halogens is 3. The van der Waals surface area contributed by atoms with Crippen LogP contribution in [0.5, 0.6) is 11.5 Å². The largest absolute Gasteiger partial charge is 0.497 e. The van der Waals surface area contributed by atoms with Crippen LogP contribution in [0.25, 0.3) is 22.6 Å². The smallest absolute Gasteiger partial charge is 0.329 e. The van der Waals surface area contributed by atoms with E-state index in [1.54, 1.807) is 48.1 Å². The molecule has 2 aliphatic heterocycles. The van der Waals surface area contributed by atoms with Gasteiger partial charge in [0.2, 0.25) is 23.6 Å². The first-order valence-electron chi connectivity index (χ1n) is 22.8. The van der Waals surface area contributed by atoms with Gasteiger partial charge in [-0.3, -0.25) is 33.7 Å². The number of aromatic nitrogens is 6. The second-order valence-corrected chi connectivity index (χ2v) is 17.6. The molecule has 0 radical (unpaired) electrons. The van der Waals surface area contributed by atoms with E-state index in [4.69, 9.17) is 19.0 Å². The first-order valence-corrected chi connectivity index (χ1v) is 22.8. The minimum absolute atomic E-state index is 0.0171. The molecule has 3 aromatic carbocycles. The molecule has 68 heavy (non-hydrogen) atoms. The molecule has 3 aliphatic rings. The summed E-state index contributed by atoms with van der Waals surface area (Å²) in [6.07, 6.45) is 6.76. The van der Waals surface area contributed by atoms with Gasteiger partial charge in [0.15, 0.2) is 23.2 Å². The van der Waals surface area contributed by atoms with E-state index in [2.05, 4.69) is 35.6 Å². The average Bonchev–Trinajstić information content (AvgIpc) is 3.95. The van der Waals surface area contributed by atoms with Crippen LogP contribution in [-0.2, 0) is 29.7 Å². The Hall–Kier alpha value is -7.09. The van der Waals surface area contributed by atoms with Crippen LogP contribution in [0.15, 0.2) is 70.1 Å². The van der Waals surface area contributed by atoms with Crippen LogP contribution in [0.1, 0.15) is 84.2 Å². The monoisotopic (exact) mass is 936 g/mol. The summed E-state index contributed by atoms with van der Waals surface area (Å²) < 4.78 is 63.9. The van der Waals surface area contributed by atoms with Gasteiger partial charge in [-0.2, -0.15) is 9.37 Å². The second-order valence-electron chi connectivity index (χ2n) is 17.6. The highest BCUT2D eigenvalue weighted by molar-refractivity contribution is 6.00. The highest BCUT2D eigenvalue weighted by atomic mass is 19.2. The van der Waals surface area contributed by atoms with E-state index in [1.807, 2.05) is 18.2 Å². The first kappa shape index (κ1) is 46.0. The molecule has 3 amide bonds. The van der Waals surface area contributed by atoms with Crippen LogP contribution < -0.4 is 30.7 Å². The van der Waals surface area contributed by atoms with Crippen molar-refractivity contribution in [2.24, 2.45) is 13.0 Å². The zero-order valence-corrected chi connectivity index (χ0v) is 37.7. The molecule has 0 spiro atoms. The number of anilines is 1. The number of hydrogen-bond acceptors (Lipinski definition) is 13. The molecule has 17 nitrogen and oxygen atoms in total. The Kier molecular flexibility index (Phi) is 13.6. The number of piperidine rings is 1. The van der Waals surface area contributed by atoms with E-state index >= 15 is 4.39 Å². The molecule has 2 saturated heterocycles. The maximum atomic E-state index is 15.0. The number of imide groups is 1. The number of methoxy groups -OCH3 is 1. The third-order valence-corrected chi connectivity index (χ3v) is 13.2. The van der Waals surface area contributed by atoms with Crippen molar-refractivity contribution in [1.82, 2.24) is 44.8 Å². The van der Waals surface area contributed by atoms with Gasteiger partial charge in [-0.1, -0.05) is 23.4 Å². The van der Waals surface area contributed by atoms with Gasteiger partial charge in [0.25, 0.3) is 11.8 Å². The second kappa shape index (κ2) is 20.0. The van der Waals surface area contributed by atoms with Crippen molar-refractivity contribution in [1.29, 1.82) is 0 Å². The Balaban J connectivity index is 0.717. The number of carbonyl (C=O) groups excluding carboxylic acids is 3. The minimum Gasteiger partial charge on any atom is -0.497 e. The van der Waals surface area contributed by atoms with Crippen LogP contribution in [0.2, 0.25) is 0 Å². The van der Waals surface area contributed by atoms with Crippen LogP contribution in [0, 0.1) is 23.4 Å². The van der Waals surface area contributed by atoms with Crippen LogP contribution in [-0.4, -0.2) is 98.2 Å². The Morgan fingerprint density at radius 3 is 2.41 bits per heavy atom. The van der Waals surface area contributed by atoms with E-state index in [0.29, 0.717) is 78.4 Å². The number of imidazole rings is 1. The molecular weight excluding hydrogens is 886 g/mol. The fourth-order valence-corrected chi connectivity index (χ4v) is 9.31. The van der Waals surface area contributed by atoms with Gasteiger partial charge in [-0.15, -0.1) is 0 Å². The molecule has 9 rings (SSSR count). The van der Waals surface area contributed by atoms with Crippen molar-refractivity contribution in [2.45, 2.75) is 69.9 Å². The number of fused-ring (bicyclic) bond motifs is 1. The van der Waals surface area contributed by atoms with Crippen molar-refractivity contribution in [3.05, 3.63) is 111 Å². The van der Waals surface area contributed by atoms with Crippen LogP contribution in [0.4, 0.5) is 19.1 Å². The molecule has 3 fully saturated rings. The van der Waals surface area contributed by atoms with Gasteiger partial charge in [0, 0.05) is 58.3 Å². The normalized spacial score (nSPS) is 19.0. The maximum absolute atomic E-state index is 15.0. The molecule has 356 valence electrons. The molecule has 2 N–H and O–H groups in total. The summed E-state index contributed by atoms with van der Waals surface area (Å²) in [6, 6.07) is 14.2. The summed E-state index contributed by atoms with van der Waals surface area (Å²) in [7, 11) is 3.21. The Morgan fingerprint density at radius 1 is 0.897 bits per heavy atom. The number of carbonyl (C=O) groups is 3. The zero-order chi connectivity index (χ0) is 47.5. The summed E-state index contributed by atoms with van der Waals surface area (Å²) >= 11 is 0. The standard InChI is InChI=1S/C48H51F3N10O7/c1-58-38-24-28(9-14-36(38)61(48(58)65)37-15-16-39(62)55-45(37)64)4-3-19-59-20-22-60(23-21-59)47-52-18-17-35(54-47)46-56-43(57-68-46)31-10-5-29(6-11-31)26-53-44(63)33-25-34(49)42(41(51)40(33)50)67-27-30-7-12-32(66-2)13-8-30/h7-9,12-14,17-18,24-25,29,31,37H,3-6,10-11,15-16,19-23,26-27H2,1-2H3,(H,53,63)(H,55,62,64)/t29-,31-,37?. The SMILES string of the molecule is COc1ccc(COc2c(F)cc(C(=O)NC[C@H]3CC[C@H](c4noc(-c5ccnc(N6CCN(CCCc7ccc8c(c7)n(C)c(=O)n8C7CCC(=O)NC7=O)CC6)n5)n4)CC3)c(F)c2F)cc1. The van der Waals surface area contributed by atoms with Crippen molar-refractivity contribution in [3.63, 3.8) is 0 Å².